The van der Waals surface area contributed by atoms with E-state index < -0.39 is 5.60 Å². The Morgan fingerprint density at radius 3 is 2.36 bits per heavy atom. The van der Waals surface area contributed by atoms with Crippen molar-refractivity contribution in [2.75, 3.05) is 29.5 Å². The normalized spacial score (nSPS) is 20.2. The van der Waals surface area contributed by atoms with Crippen molar-refractivity contribution >= 4 is 23.2 Å². The lowest BCUT2D eigenvalue weighted by atomic mass is 9.99. The summed E-state index contributed by atoms with van der Waals surface area (Å²) in [5.74, 6) is 0.903. The quantitative estimate of drug-likeness (QED) is 0.612. The molecule has 36 heavy (non-hydrogen) atoms. The van der Waals surface area contributed by atoms with Gasteiger partial charge in [-0.05, 0) is 80.1 Å². The standard InChI is InChI=1S/C28H28N4O4/c33-24-3-1-2-14-30(24)19-4-6-20(7-5-19)31-15-10-22-25(27(31)34)32(29-26(22)28(35)12-13-28)21-8-9-23-18(17-21)11-16-36-23/h4-9,17,35H,1-3,10-16H2. The molecule has 0 bridgehead atoms. The van der Waals surface area contributed by atoms with Gasteiger partial charge in [0.1, 0.15) is 17.0 Å². The van der Waals surface area contributed by atoms with Crippen LogP contribution in [0.1, 0.15) is 59.4 Å². The van der Waals surface area contributed by atoms with Crippen LogP contribution >= 0.6 is 0 Å². The van der Waals surface area contributed by atoms with Gasteiger partial charge in [-0.2, -0.15) is 5.10 Å². The van der Waals surface area contributed by atoms with Gasteiger partial charge in [-0.25, -0.2) is 4.68 Å². The Labute approximate surface area is 209 Å². The number of fused-ring (bicyclic) bond motifs is 2. The number of benzene rings is 2. The first-order valence-electron chi connectivity index (χ1n) is 12.8. The van der Waals surface area contributed by atoms with E-state index in [9.17, 15) is 14.7 Å². The summed E-state index contributed by atoms with van der Waals surface area (Å²) in [7, 11) is 0. The molecule has 4 heterocycles. The first-order valence-corrected chi connectivity index (χ1v) is 12.8. The maximum Gasteiger partial charge on any atom is 0.277 e. The minimum atomic E-state index is -0.930. The van der Waals surface area contributed by atoms with Crippen molar-refractivity contribution in [1.82, 2.24) is 9.78 Å². The number of rotatable bonds is 4. The lowest BCUT2D eigenvalue weighted by molar-refractivity contribution is -0.119. The molecule has 7 rings (SSSR count). The van der Waals surface area contributed by atoms with E-state index in [4.69, 9.17) is 9.84 Å². The van der Waals surface area contributed by atoms with Gasteiger partial charge in [-0.1, -0.05) is 0 Å². The van der Waals surface area contributed by atoms with Crippen molar-refractivity contribution in [3.8, 4) is 11.4 Å². The molecular formula is C28H28N4O4. The minimum absolute atomic E-state index is 0.127. The SMILES string of the molecule is O=C1CCCCN1c1ccc(N2CCc3c(C4(O)CC4)nn(-c4ccc5c(c4)CCO5)c3C2=O)cc1. The monoisotopic (exact) mass is 484 g/mol. The third-order valence-corrected chi connectivity index (χ3v) is 7.90. The average molecular weight is 485 g/mol. The summed E-state index contributed by atoms with van der Waals surface area (Å²) in [6.07, 6.45) is 5.33. The molecule has 0 radical (unpaired) electrons. The smallest absolute Gasteiger partial charge is 0.277 e. The number of piperidine rings is 1. The van der Waals surface area contributed by atoms with Crippen LogP contribution in [0, 0.1) is 0 Å². The van der Waals surface area contributed by atoms with Crippen molar-refractivity contribution in [3.05, 3.63) is 65.0 Å². The van der Waals surface area contributed by atoms with E-state index in [0.29, 0.717) is 50.2 Å². The Morgan fingerprint density at radius 1 is 0.861 bits per heavy atom. The van der Waals surface area contributed by atoms with E-state index in [2.05, 4.69) is 0 Å². The highest BCUT2D eigenvalue weighted by Gasteiger charge is 2.49. The molecule has 3 aliphatic heterocycles. The number of hydrogen-bond acceptors (Lipinski definition) is 5. The number of aliphatic hydroxyl groups is 1. The summed E-state index contributed by atoms with van der Waals surface area (Å²) in [4.78, 5) is 29.9. The van der Waals surface area contributed by atoms with Gasteiger partial charge in [0.15, 0.2) is 0 Å². The highest BCUT2D eigenvalue weighted by atomic mass is 16.5. The van der Waals surface area contributed by atoms with E-state index in [-0.39, 0.29) is 11.8 Å². The Bertz CT molecular complexity index is 1390. The second-order valence-corrected chi connectivity index (χ2v) is 10.2. The zero-order valence-electron chi connectivity index (χ0n) is 20.1. The van der Waals surface area contributed by atoms with Gasteiger partial charge < -0.3 is 19.6 Å². The molecule has 0 unspecified atom stereocenters. The molecule has 8 heteroatoms. The highest BCUT2D eigenvalue weighted by molar-refractivity contribution is 6.08. The second kappa shape index (κ2) is 7.93. The number of hydrogen-bond donors (Lipinski definition) is 1. The second-order valence-electron chi connectivity index (χ2n) is 10.2. The molecule has 3 aromatic rings. The largest absolute Gasteiger partial charge is 0.493 e. The molecule has 0 atom stereocenters. The summed E-state index contributed by atoms with van der Waals surface area (Å²) in [6, 6.07) is 13.6. The molecule has 1 N–H and O–H groups in total. The van der Waals surface area contributed by atoms with E-state index >= 15 is 0 Å². The number of amides is 2. The van der Waals surface area contributed by atoms with Gasteiger partial charge >= 0.3 is 0 Å². The Kier molecular flexibility index (Phi) is 4.76. The van der Waals surface area contributed by atoms with Crippen LogP contribution in [0.25, 0.3) is 5.69 Å². The zero-order valence-corrected chi connectivity index (χ0v) is 20.1. The third kappa shape index (κ3) is 3.35. The van der Waals surface area contributed by atoms with Crippen LogP contribution in [0.2, 0.25) is 0 Å². The number of ether oxygens (including phenoxy) is 1. The van der Waals surface area contributed by atoms with E-state index in [1.54, 1.807) is 9.58 Å². The van der Waals surface area contributed by atoms with Crippen LogP contribution in [-0.2, 0) is 23.2 Å². The van der Waals surface area contributed by atoms with Gasteiger partial charge in [0.2, 0.25) is 5.91 Å². The first kappa shape index (κ1) is 21.6. The highest BCUT2D eigenvalue weighted by Crippen LogP contribution is 2.48. The van der Waals surface area contributed by atoms with Crippen molar-refractivity contribution in [2.24, 2.45) is 0 Å². The van der Waals surface area contributed by atoms with E-state index in [1.165, 1.54) is 0 Å². The molecular weight excluding hydrogens is 456 g/mol. The van der Waals surface area contributed by atoms with Crippen molar-refractivity contribution in [2.45, 2.75) is 50.5 Å². The summed E-state index contributed by atoms with van der Waals surface area (Å²) in [5, 5.41) is 15.8. The van der Waals surface area contributed by atoms with Crippen LogP contribution in [0.5, 0.6) is 5.75 Å². The van der Waals surface area contributed by atoms with Gasteiger partial charge in [0.05, 0.1) is 18.0 Å². The maximum absolute atomic E-state index is 13.9. The molecule has 8 nitrogen and oxygen atoms in total. The number of carbonyl (C=O) groups is 2. The van der Waals surface area contributed by atoms with Crippen molar-refractivity contribution in [1.29, 1.82) is 0 Å². The van der Waals surface area contributed by atoms with E-state index in [0.717, 1.165) is 59.7 Å². The third-order valence-electron chi connectivity index (χ3n) is 7.90. The lowest BCUT2D eigenvalue weighted by Gasteiger charge is -2.30. The van der Waals surface area contributed by atoms with Gasteiger partial charge in [-0.15, -0.1) is 0 Å². The summed E-state index contributed by atoms with van der Waals surface area (Å²) in [5.41, 5.74) is 4.65. The topological polar surface area (TPSA) is 87.9 Å². The predicted octanol–water partition coefficient (Wildman–Crippen LogP) is 3.51. The number of carbonyl (C=O) groups excluding carboxylic acids is 2. The van der Waals surface area contributed by atoms with Crippen LogP contribution in [0.15, 0.2) is 42.5 Å². The number of aromatic nitrogens is 2. The van der Waals surface area contributed by atoms with E-state index in [1.807, 2.05) is 47.4 Å². The Balaban J connectivity index is 1.25. The molecule has 0 spiro atoms. The van der Waals surface area contributed by atoms with Crippen molar-refractivity contribution in [3.63, 3.8) is 0 Å². The van der Waals surface area contributed by atoms with Gasteiger partial charge in [-0.3, -0.25) is 9.59 Å². The summed E-state index contributed by atoms with van der Waals surface area (Å²) >= 11 is 0. The summed E-state index contributed by atoms with van der Waals surface area (Å²) < 4.78 is 7.38. The fraction of sp³-hybridized carbons (Fsp3) is 0.393. The Hall–Kier alpha value is -3.65. The average Bonchev–Trinajstić information content (AvgIpc) is 3.29. The molecule has 2 aromatic carbocycles. The predicted molar refractivity (Wildman–Crippen MR) is 134 cm³/mol. The van der Waals surface area contributed by atoms with Crippen LogP contribution < -0.4 is 14.5 Å². The van der Waals surface area contributed by atoms with Gasteiger partial charge in [0, 0.05) is 42.9 Å². The lowest BCUT2D eigenvalue weighted by Crippen LogP contribution is -2.39. The molecule has 4 aliphatic rings. The molecule has 1 aromatic heterocycles. The fourth-order valence-electron chi connectivity index (χ4n) is 5.72. The van der Waals surface area contributed by atoms with Crippen LogP contribution in [-0.4, -0.2) is 46.4 Å². The van der Waals surface area contributed by atoms with Gasteiger partial charge in [0.25, 0.3) is 5.91 Å². The molecule has 1 saturated carbocycles. The number of nitrogens with zero attached hydrogens (tertiary/aromatic N) is 4. The fourth-order valence-corrected chi connectivity index (χ4v) is 5.72. The molecule has 2 amide bonds. The molecule has 2 fully saturated rings. The number of anilines is 2. The Morgan fingerprint density at radius 2 is 1.61 bits per heavy atom. The van der Waals surface area contributed by atoms with Crippen LogP contribution in [0.3, 0.4) is 0 Å². The summed E-state index contributed by atoms with van der Waals surface area (Å²) in [6.45, 7) is 1.91. The molecule has 1 aliphatic carbocycles. The molecule has 1 saturated heterocycles. The zero-order chi connectivity index (χ0) is 24.4. The molecule has 184 valence electrons. The maximum atomic E-state index is 13.9. The van der Waals surface area contributed by atoms with Crippen molar-refractivity contribution < 1.29 is 19.4 Å². The van der Waals surface area contributed by atoms with Crippen LogP contribution in [0.4, 0.5) is 11.4 Å². The first-order chi connectivity index (χ1) is 17.5. The minimum Gasteiger partial charge on any atom is -0.493 e.